The van der Waals surface area contributed by atoms with Gasteiger partial charge in [0.1, 0.15) is 31.0 Å². The van der Waals surface area contributed by atoms with E-state index in [9.17, 15) is 33.2 Å². The standard InChI is InChI=1S/C11H15F2N4O13P3/c12-4-1-17(9-5(4)8(14)15-3-16-9)10-6(18)7(19)11(13,28-10)2-27-32(23,24)30-33(25,26)29-31(20,21)22/h1,3,6-7,10,18-19H,2H2,(H,23,24)(H,25,26)(H2,14,15,16)(H2,20,21,22)/t6-,7+,10-,11-/m1/s1. The van der Waals surface area contributed by atoms with Crippen LogP contribution in [0, 0.1) is 5.82 Å². The second-order valence-corrected chi connectivity index (χ2v) is 10.9. The van der Waals surface area contributed by atoms with E-state index in [1.807, 2.05) is 0 Å². The molecule has 1 saturated heterocycles. The molecule has 186 valence electrons. The summed E-state index contributed by atoms with van der Waals surface area (Å²) >= 11 is 0. The summed E-state index contributed by atoms with van der Waals surface area (Å²) in [5.74, 6) is -4.78. The first-order valence-electron chi connectivity index (χ1n) is 8.22. The number of ether oxygens (including phenoxy) is 1. The molecule has 22 heteroatoms. The van der Waals surface area contributed by atoms with Crippen LogP contribution in [0.25, 0.3) is 11.0 Å². The van der Waals surface area contributed by atoms with Gasteiger partial charge in [-0.1, -0.05) is 0 Å². The van der Waals surface area contributed by atoms with E-state index in [1.54, 1.807) is 0 Å². The molecule has 1 aliphatic heterocycles. The normalized spacial score (nSPS) is 29.8. The molecule has 0 amide bonds. The van der Waals surface area contributed by atoms with E-state index in [2.05, 4.69) is 23.1 Å². The zero-order valence-corrected chi connectivity index (χ0v) is 18.3. The van der Waals surface area contributed by atoms with Gasteiger partial charge in [-0.3, -0.25) is 4.52 Å². The molecule has 1 aliphatic rings. The van der Waals surface area contributed by atoms with Gasteiger partial charge in [-0.2, -0.15) is 8.62 Å². The minimum atomic E-state index is -5.88. The number of hydrogen-bond acceptors (Lipinski definition) is 12. The number of anilines is 1. The van der Waals surface area contributed by atoms with Crippen molar-refractivity contribution in [2.24, 2.45) is 0 Å². The Morgan fingerprint density at radius 1 is 1.15 bits per heavy atom. The zero-order chi connectivity index (χ0) is 25.0. The van der Waals surface area contributed by atoms with Crippen LogP contribution in [0.4, 0.5) is 14.6 Å². The largest absolute Gasteiger partial charge is 0.490 e. The molecule has 3 heterocycles. The van der Waals surface area contributed by atoms with Crippen LogP contribution in [-0.2, 0) is 31.6 Å². The van der Waals surface area contributed by atoms with Gasteiger partial charge < -0.3 is 44.8 Å². The molecular formula is C11H15F2N4O13P3. The van der Waals surface area contributed by atoms with Crippen LogP contribution in [0.2, 0.25) is 0 Å². The summed E-state index contributed by atoms with van der Waals surface area (Å²) in [5, 5.41) is 19.9. The van der Waals surface area contributed by atoms with E-state index < -0.39 is 60.2 Å². The van der Waals surface area contributed by atoms with Gasteiger partial charge in [0.2, 0.25) is 0 Å². The molecule has 6 atom stereocenters. The summed E-state index contributed by atoms with van der Waals surface area (Å²) in [6.07, 6.45) is -4.88. The number of aromatic nitrogens is 3. The zero-order valence-electron chi connectivity index (χ0n) is 15.7. The predicted molar refractivity (Wildman–Crippen MR) is 97.7 cm³/mol. The molecule has 17 nitrogen and oxygen atoms in total. The summed E-state index contributed by atoms with van der Waals surface area (Å²) in [7, 11) is -17.3. The van der Waals surface area contributed by atoms with E-state index >= 15 is 4.39 Å². The van der Waals surface area contributed by atoms with Crippen molar-refractivity contribution in [2.45, 2.75) is 24.3 Å². The van der Waals surface area contributed by atoms with Crippen LogP contribution in [0.1, 0.15) is 6.23 Å². The maximum Gasteiger partial charge on any atom is 0.490 e. The Morgan fingerprint density at radius 2 is 1.79 bits per heavy atom. The van der Waals surface area contributed by atoms with Crippen LogP contribution in [0.15, 0.2) is 12.5 Å². The molecule has 33 heavy (non-hydrogen) atoms. The third-order valence-corrected chi connectivity index (χ3v) is 7.86. The number of rotatable bonds is 8. The molecule has 2 aromatic rings. The minimum absolute atomic E-state index is 0.270. The number of nitrogens with zero attached hydrogens (tertiary/aromatic N) is 3. The van der Waals surface area contributed by atoms with Crippen molar-refractivity contribution in [1.82, 2.24) is 14.5 Å². The summed E-state index contributed by atoms with van der Waals surface area (Å²) in [6, 6.07) is 0. The Labute approximate surface area is 180 Å². The first-order chi connectivity index (χ1) is 14.9. The summed E-state index contributed by atoms with van der Waals surface area (Å²) in [4.78, 5) is 42.7. The molecule has 2 unspecified atom stereocenters. The van der Waals surface area contributed by atoms with Gasteiger partial charge in [0.25, 0.3) is 5.85 Å². The van der Waals surface area contributed by atoms with Crippen molar-refractivity contribution < 1.29 is 70.1 Å². The van der Waals surface area contributed by atoms with Gasteiger partial charge in [0, 0.05) is 6.20 Å². The lowest BCUT2D eigenvalue weighted by atomic mass is 10.1. The second kappa shape index (κ2) is 8.66. The lowest BCUT2D eigenvalue weighted by Gasteiger charge is -2.24. The topological polar surface area (TPSA) is 266 Å². The third-order valence-electron chi connectivity index (χ3n) is 4.08. The SMILES string of the molecule is Nc1ncnc2c1c(F)cn2[C@@H]1O[C@](F)(COP(=O)(O)OP(=O)(O)OP(=O)(O)O)[C@@H](O)[C@H]1O. The number of phosphoric ester groups is 1. The summed E-state index contributed by atoms with van der Waals surface area (Å²) in [6.45, 7) is -1.73. The van der Waals surface area contributed by atoms with Crippen molar-refractivity contribution in [2.75, 3.05) is 12.3 Å². The van der Waals surface area contributed by atoms with Crippen molar-refractivity contribution in [1.29, 1.82) is 0 Å². The molecule has 0 bridgehead atoms. The number of halogens is 2. The Morgan fingerprint density at radius 3 is 2.39 bits per heavy atom. The fraction of sp³-hybridized carbons (Fsp3) is 0.455. The molecule has 8 N–H and O–H groups in total. The van der Waals surface area contributed by atoms with E-state index in [0.29, 0.717) is 6.20 Å². The fourth-order valence-corrected chi connectivity index (χ4v) is 5.85. The number of nitrogens with two attached hydrogens (primary N) is 1. The highest BCUT2D eigenvalue weighted by atomic mass is 31.3. The minimum Gasteiger partial charge on any atom is -0.385 e. The van der Waals surface area contributed by atoms with Gasteiger partial charge in [-0.25, -0.2) is 32.4 Å². The van der Waals surface area contributed by atoms with Crippen LogP contribution in [0.3, 0.4) is 0 Å². The molecule has 3 rings (SSSR count). The highest BCUT2D eigenvalue weighted by Crippen LogP contribution is 2.66. The number of phosphoric acid groups is 3. The van der Waals surface area contributed by atoms with Crippen molar-refractivity contribution in [3.05, 3.63) is 18.3 Å². The van der Waals surface area contributed by atoms with E-state index in [4.69, 9.17) is 25.2 Å². The molecule has 0 spiro atoms. The average Bonchev–Trinajstić information content (AvgIpc) is 3.08. The molecular weight excluding hydrogens is 527 g/mol. The molecule has 2 aromatic heterocycles. The van der Waals surface area contributed by atoms with Crippen LogP contribution >= 0.6 is 23.5 Å². The lowest BCUT2D eigenvalue weighted by Crippen LogP contribution is -2.42. The van der Waals surface area contributed by atoms with Crippen LogP contribution < -0.4 is 5.73 Å². The Kier molecular flexibility index (Phi) is 6.87. The highest BCUT2D eigenvalue weighted by molar-refractivity contribution is 7.66. The number of nitrogen functional groups attached to an aromatic ring is 1. The average molecular weight is 542 g/mol. The molecule has 0 saturated carbocycles. The number of aliphatic hydroxyl groups is 2. The van der Waals surface area contributed by atoms with Crippen molar-refractivity contribution in [3.63, 3.8) is 0 Å². The summed E-state index contributed by atoms with van der Waals surface area (Å²) in [5.41, 5.74) is 5.27. The number of alkyl halides is 1. The summed E-state index contributed by atoms with van der Waals surface area (Å²) < 4.78 is 79.6. The van der Waals surface area contributed by atoms with Gasteiger partial charge in [-0.15, -0.1) is 0 Å². The monoisotopic (exact) mass is 542 g/mol. The van der Waals surface area contributed by atoms with Crippen LogP contribution in [-0.4, -0.2) is 69.0 Å². The molecule has 1 fully saturated rings. The number of aliphatic hydroxyl groups excluding tert-OH is 2. The lowest BCUT2D eigenvalue weighted by molar-refractivity contribution is -0.203. The molecule has 0 aliphatic carbocycles. The van der Waals surface area contributed by atoms with Crippen molar-refractivity contribution >= 4 is 40.3 Å². The maximum atomic E-state index is 15.1. The smallest absolute Gasteiger partial charge is 0.385 e. The van der Waals surface area contributed by atoms with Crippen molar-refractivity contribution in [3.8, 4) is 0 Å². The van der Waals surface area contributed by atoms with E-state index in [1.165, 1.54) is 0 Å². The highest BCUT2D eigenvalue weighted by Gasteiger charge is 2.57. The van der Waals surface area contributed by atoms with E-state index in [0.717, 1.165) is 10.9 Å². The molecule has 0 radical (unpaired) electrons. The fourth-order valence-electron chi connectivity index (χ4n) is 2.82. The Bertz CT molecular complexity index is 1210. The Hall–Kier alpha value is -1.43. The number of fused-ring (bicyclic) bond motifs is 1. The second-order valence-electron chi connectivity index (χ2n) is 6.44. The van der Waals surface area contributed by atoms with E-state index in [-0.39, 0.29) is 16.9 Å². The van der Waals surface area contributed by atoms with Gasteiger partial charge >= 0.3 is 23.5 Å². The number of hydrogen-bond donors (Lipinski definition) is 7. The van der Waals surface area contributed by atoms with Crippen LogP contribution in [0.5, 0.6) is 0 Å². The quantitative estimate of drug-likeness (QED) is 0.206. The maximum absolute atomic E-state index is 15.1. The Balaban J connectivity index is 1.79. The third kappa shape index (κ3) is 5.63. The molecule has 0 aromatic carbocycles. The predicted octanol–water partition coefficient (Wildman–Crippen LogP) is -0.588. The van der Waals surface area contributed by atoms with Gasteiger partial charge in [-0.05, 0) is 0 Å². The first kappa shape index (κ1) is 26.2. The van der Waals surface area contributed by atoms with Gasteiger partial charge in [0.05, 0.1) is 5.39 Å². The first-order valence-corrected chi connectivity index (χ1v) is 12.7. The van der Waals surface area contributed by atoms with Gasteiger partial charge in [0.15, 0.2) is 17.7 Å².